The van der Waals surface area contributed by atoms with Gasteiger partial charge in [0.1, 0.15) is 17.7 Å². The normalized spacial score (nSPS) is 13.6. The van der Waals surface area contributed by atoms with E-state index >= 15 is 0 Å². The molecule has 174 valence electrons. The summed E-state index contributed by atoms with van der Waals surface area (Å²) in [6, 6.07) is 11.4. The van der Waals surface area contributed by atoms with Crippen molar-refractivity contribution in [3.63, 3.8) is 0 Å². The third-order valence-corrected chi connectivity index (χ3v) is 5.82. The predicted molar refractivity (Wildman–Crippen MR) is 123 cm³/mol. The molecule has 1 amide bonds. The maximum atomic E-state index is 13.8. The first kappa shape index (κ1) is 22.0. The lowest BCUT2D eigenvalue weighted by molar-refractivity contribution is -0.0794. The first-order valence-electron chi connectivity index (χ1n) is 10.8. The number of benzene rings is 2. The molecule has 1 saturated heterocycles. The maximum Gasteiger partial charge on any atom is 0.254 e. The first-order chi connectivity index (χ1) is 16.5. The number of aliphatic hydroxyl groups excluding tert-OH is 1. The van der Waals surface area contributed by atoms with Crippen LogP contribution in [-0.2, 0) is 17.9 Å². The minimum Gasteiger partial charge on any atom is -0.485 e. The van der Waals surface area contributed by atoms with Crippen LogP contribution in [0.5, 0.6) is 5.75 Å². The number of carbonyl (C=O) groups is 1. The highest BCUT2D eigenvalue weighted by Crippen LogP contribution is 2.33. The summed E-state index contributed by atoms with van der Waals surface area (Å²) in [7, 11) is 1.70. The van der Waals surface area contributed by atoms with Crippen LogP contribution in [-0.4, -0.2) is 57.5 Å². The number of nitrogens with zero attached hydrogens (tertiary/aromatic N) is 3. The Balaban J connectivity index is 1.43. The van der Waals surface area contributed by atoms with E-state index in [9.17, 15) is 14.3 Å². The smallest absolute Gasteiger partial charge is 0.254 e. The fourth-order valence-electron chi connectivity index (χ4n) is 3.94. The number of carbonyl (C=O) groups excluding carboxylic acids is 1. The van der Waals surface area contributed by atoms with Crippen LogP contribution in [0, 0.1) is 5.82 Å². The van der Waals surface area contributed by atoms with Gasteiger partial charge in [0.15, 0.2) is 0 Å². The molecule has 9 heteroatoms. The van der Waals surface area contributed by atoms with E-state index in [1.54, 1.807) is 54.7 Å². The van der Waals surface area contributed by atoms with Crippen LogP contribution in [0.15, 0.2) is 54.9 Å². The largest absolute Gasteiger partial charge is 0.485 e. The van der Waals surface area contributed by atoms with Gasteiger partial charge >= 0.3 is 0 Å². The monoisotopic (exact) mass is 462 g/mol. The van der Waals surface area contributed by atoms with E-state index in [2.05, 4.69) is 15.2 Å². The number of rotatable bonds is 7. The van der Waals surface area contributed by atoms with Crippen LogP contribution in [0.4, 0.5) is 4.39 Å². The Morgan fingerprint density at radius 2 is 2.12 bits per heavy atom. The summed E-state index contributed by atoms with van der Waals surface area (Å²) in [5.41, 5.74) is 3.84. The van der Waals surface area contributed by atoms with Gasteiger partial charge in [0.25, 0.3) is 5.91 Å². The van der Waals surface area contributed by atoms with Crippen LogP contribution in [0.25, 0.3) is 22.0 Å². The van der Waals surface area contributed by atoms with Crippen molar-refractivity contribution in [2.45, 2.75) is 19.3 Å². The Kier molecular flexibility index (Phi) is 5.95. The number of halogens is 1. The molecule has 0 aliphatic carbocycles. The molecule has 2 aromatic carbocycles. The molecule has 0 spiro atoms. The summed E-state index contributed by atoms with van der Waals surface area (Å²) >= 11 is 0. The molecule has 0 atom stereocenters. The molecule has 8 nitrogen and oxygen atoms in total. The summed E-state index contributed by atoms with van der Waals surface area (Å²) in [5.74, 6) is -0.0521. The highest BCUT2D eigenvalue weighted by Gasteiger charge is 2.23. The first-order valence-corrected chi connectivity index (χ1v) is 10.8. The van der Waals surface area contributed by atoms with Crippen molar-refractivity contribution in [1.82, 2.24) is 20.1 Å². The Labute approximate surface area is 195 Å². The second-order valence-corrected chi connectivity index (χ2v) is 8.21. The molecule has 0 bridgehead atoms. The van der Waals surface area contributed by atoms with Crippen molar-refractivity contribution in [1.29, 1.82) is 0 Å². The van der Waals surface area contributed by atoms with Crippen LogP contribution in [0.3, 0.4) is 0 Å². The minimum atomic E-state index is -0.346. The van der Waals surface area contributed by atoms with Gasteiger partial charge < -0.3 is 19.5 Å². The van der Waals surface area contributed by atoms with Crippen molar-refractivity contribution in [2.75, 3.05) is 20.3 Å². The summed E-state index contributed by atoms with van der Waals surface area (Å²) in [6.07, 6.45) is 3.13. The number of hydrogen-bond acceptors (Lipinski definition) is 6. The number of nitrogens with one attached hydrogen (secondary N) is 1. The topological polar surface area (TPSA) is 101 Å². The van der Waals surface area contributed by atoms with Crippen molar-refractivity contribution in [3.8, 4) is 16.9 Å². The molecule has 5 rings (SSSR count). The van der Waals surface area contributed by atoms with Gasteiger partial charge in [-0.15, -0.1) is 0 Å². The van der Waals surface area contributed by atoms with E-state index < -0.39 is 0 Å². The third-order valence-electron chi connectivity index (χ3n) is 5.82. The van der Waals surface area contributed by atoms with Crippen molar-refractivity contribution >= 4 is 16.8 Å². The number of fused-ring (bicyclic) bond motifs is 1. The average Bonchev–Trinajstić information content (AvgIpc) is 3.31. The number of H-pyrrole nitrogens is 1. The summed E-state index contributed by atoms with van der Waals surface area (Å²) in [4.78, 5) is 19.1. The summed E-state index contributed by atoms with van der Waals surface area (Å²) in [6.45, 7) is 1.03. The van der Waals surface area contributed by atoms with Gasteiger partial charge in [-0.25, -0.2) is 4.39 Å². The van der Waals surface area contributed by atoms with Gasteiger partial charge in [-0.2, -0.15) is 5.10 Å². The number of pyridine rings is 1. The highest BCUT2D eigenvalue weighted by atomic mass is 19.1. The predicted octanol–water partition coefficient (Wildman–Crippen LogP) is 3.31. The molecule has 2 aromatic heterocycles. The molecular weight excluding hydrogens is 439 g/mol. The van der Waals surface area contributed by atoms with E-state index in [1.807, 2.05) is 0 Å². The van der Waals surface area contributed by atoms with Gasteiger partial charge in [0.2, 0.25) is 0 Å². The number of aliphatic hydroxyl groups is 1. The lowest BCUT2D eigenvalue weighted by atomic mass is 10.0. The lowest BCUT2D eigenvalue weighted by Crippen LogP contribution is -2.38. The third kappa shape index (κ3) is 4.23. The number of aromatic nitrogens is 3. The number of aromatic amines is 1. The van der Waals surface area contributed by atoms with Gasteiger partial charge in [-0.3, -0.25) is 14.9 Å². The average molecular weight is 462 g/mol. The standard InChI is InChI=1S/C25H23FN4O4/c1-30(11-17-9-27-22(12-31)21-10-28-29-24(17)21)25(32)16-5-6-20(15-3-2-4-18(26)7-15)23(8-16)34-19-13-33-14-19/h2-10,19,31H,11-14H2,1H3,(H,28,29). The van der Waals surface area contributed by atoms with Crippen LogP contribution < -0.4 is 4.74 Å². The molecule has 0 unspecified atom stereocenters. The van der Waals surface area contributed by atoms with Crippen molar-refractivity contribution in [3.05, 3.63) is 77.5 Å². The van der Waals surface area contributed by atoms with Crippen molar-refractivity contribution in [2.24, 2.45) is 0 Å². The molecule has 1 aliphatic heterocycles. The molecule has 1 fully saturated rings. The molecule has 1 aliphatic rings. The lowest BCUT2D eigenvalue weighted by Gasteiger charge is -2.28. The highest BCUT2D eigenvalue weighted by molar-refractivity contribution is 5.96. The maximum absolute atomic E-state index is 13.8. The Bertz CT molecular complexity index is 1350. The quantitative estimate of drug-likeness (QED) is 0.437. The zero-order valence-corrected chi connectivity index (χ0v) is 18.5. The summed E-state index contributed by atoms with van der Waals surface area (Å²) < 4.78 is 25.1. The zero-order chi connectivity index (χ0) is 23.7. The second kappa shape index (κ2) is 9.20. The van der Waals surface area contributed by atoms with E-state index in [0.29, 0.717) is 41.3 Å². The van der Waals surface area contributed by atoms with Gasteiger partial charge in [0.05, 0.1) is 37.2 Å². The van der Waals surface area contributed by atoms with Crippen LogP contribution in [0.2, 0.25) is 0 Å². The van der Waals surface area contributed by atoms with Crippen molar-refractivity contribution < 1.29 is 23.8 Å². The number of amides is 1. The van der Waals surface area contributed by atoms with E-state index in [1.165, 1.54) is 12.1 Å². The number of ether oxygens (including phenoxy) is 2. The van der Waals surface area contributed by atoms with E-state index in [0.717, 1.165) is 16.5 Å². The molecule has 34 heavy (non-hydrogen) atoms. The van der Waals surface area contributed by atoms with E-state index in [4.69, 9.17) is 9.47 Å². The Morgan fingerprint density at radius 1 is 1.26 bits per heavy atom. The van der Waals surface area contributed by atoms with Crippen LogP contribution >= 0.6 is 0 Å². The fraction of sp³-hybridized carbons (Fsp3) is 0.240. The Morgan fingerprint density at radius 3 is 2.85 bits per heavy atom. The molecule has 2 N–H and O–H groups in total. The second-order valence-electron chi connectivity index (χ2n) is 8.21. The summed E-state index contributed by atoms with van der Waals surface area (Å²) in [5, 5.41) is 17.2. The van der Waals surface area contributed by atoms with Gasteiger partial charge in [0, 0.05) is 41.9 Å². The molecule has 4 aromatic rings. The minimum absolute atomic E-state index is 0.111. The molecular formula is C25H23FN4O4. The van der Waals surface area contributed by atoms with Crippen LogP contribution in [0.1, 0.15) is 21.6 Å². The molecule has 3 heterocycles. The van der Waals surface area contributed by atoms with Gasteiger partial charge in [-0.1, -0.05) is 12.1 Å². The zero-order valence-electron chi connectivity index (χ0n) is 18.5. The fourth-order valence-corrected chi connectivity index (χ4v) is 3.94. The molecule has 0 radical (unpaired) electrons. The van der Waals surface area contributed by atoms with Gasteiger partial charge in [-0.05, 0) is 35.9 Å². The Hall–Kier alpha value is -3.82. The van der Waals surface area contributed by atoms with E-state index in [-0.39, 0.29) is 31.0 Å². The SMILES string of the molecule is CN(Cc1cnc(CO)c2cn[nH]c12)C(=O)c1ccc(-c2cccc(F)c2)c(OC2COC2)c1. The molecule has 0 saturated carbocycles. The number of hydrogen-bond donors (Lipinski definition) is 2.